The number of rotatable bonds is 7. The predicted octanol–water partition coefficient (Wildman–Crippen LogP) is 2.28. The van der Waals surface area contributed by atoms with Crippen molar-refractivity contribution in [3.63, 3.8) is 0 Å². The Morgan fingerprint density at radius 3 is 2.52 bits per heavy atom. The van der Waals surface area contributed by atoms with Crippen LogP contribution < -0.4 is 5.32 Å². The lowest BCUT2D eigenvalue weighted by atomic mass is 9.72. The molecule has 2 amide bonds. The monoisotopic (exact) mass is 344 g/mol. The van der Waals surface area contributed by atoms with E-state index < -0.39 is 5.41 Å². The number of hydrogen-bond acceptors (Lipinski definition) is 3. The summed E-state index contributed by atoms with van der Waals surface area (Å²) in [6.45, 7) is 4.24. The summed E-state index contributed by atoms with van der Waals surface area (Å²) >= 11 is 0. The second kappa shape index (κ2) is 9.37. The average molecular weight is 344 g/mol. The maximum Gasteiger partial charge on any atom is 0.246 e. The zero-order valence-corrected chi connectivity index (χ0v) is 15.2. The molecule has 1 saturated heterocycles. The third kappa shape index (κ3) is 4.69. The summed E-state index contributed by atoms with van der Waals surface area (Å²) < 4.78 is 5.04. The van der Waals surface area contributed by atoms with Gasteiger partial charge in [0.2, 0.25) is 11.8 Å². The van der Waals surface area contributed by atoms with Crippen LogP contribution in [-0.2, 0) is 19.7 Å². The SMILES string of the molecule is C/C=C/C(=O)N1CCC(C(=O)NCCCOC)(c2ccccc2)CC1. The number of nitrogens with one attached hydrogen (secondary N) is 1. The Bertz CT molecular complexity index is 590. The molecule has 5 nitrogen and oxygen atoms in total. The van der Waals surface area contributed by atoms with E-state index in [9.17, 15) is 9.59 Å². The fourth-order valence-electron chi connectivity index (χ4n) is 3.35. The number of amides is 2. The van der Waals surface area contributed by atoms with Gasteiger partial charge in [-0.05, 0) is 37.8 Å². The predicted molar refractivity (Wildman–Crippen MR) is 98.3 cm³/mol. The Kier molecular flexibility index (Phi) is 7.19. The molecule has 0 atom stereocenters. The molecule has 0 saturated carbocycles. The minimum Gasteiger partial charge on any atom is -0.385 e. The Hall–Kier alpha value is -2.14. The Morgan fingerprint density at radius 2 is 1.92 bits per heavy atom. The first-order chi connectivity index (χ1) is 12.1. The molecule has 0 aliphatic carbocycles. The van der Waals surface area contributed by atoms with Gasteiger partial charge in [-0.25, -0.2) is 0 Å². The van der Waals surface area contributed by atoms with Crippen LogP contribution in [-0.4, -0.2) is 50.1 Å². The van der Waals surface area contributed by atoms with E-state index in [1.807, 2.05) is 42.2 Å². The van der Waals surface area contributed by atoms with Gasteiger partial charge in [0.25, 0.3) is 0 Å². The lowest BCUT2D eigenvalue weighted by Crippen LogP contribution is -2.52. The minimum atomic E-state index is -0.568. The van der Waals surface area contributed by atoms with Gasteiger partial charge in [-0.2, -0.15) is 0 Å². The summed E-state index contributed by atoms with van der Waals surface area (Å²) in [5, 5.41) is 3.06. The van der Waals surface area contributed by atoms with E-state index in [0.29, 0.717) is 39.1 Å². The number of ether oxygens (including phenoxy) is 1. The zero-order chi connectivity index (χ0) is 18.1. The summed E-state index contributed by atoms with van der Waals surface area (Å²) in [5.74, 6) is 0.0672. The number of carbonyl (C=O) groups is 2. The van der Waals surface area contributed by atoms with Gasteiger partial charge >= 0.3 is 0 Å². The van der Waals surface area contributed by atoms with E-state index in [2.05, 4.69) is 5.32 Å². The van der Waals surface area contributed by atoms with Crippen molar-refractivity contribution in [2.75, 3.05) is 33.4 Å². The van der Waals surface area contributed by atoms with Crippen LogP contribution in [0.5, 0.6) is 0 Å². The van der Waals surface area contributed by atoms with Crippen LogP contribution in [0, 0.1) is 0 Å². The van der Waals surface area contributed by atoms with E-state index in [4.69, 9.17) is 4.74 Å². The van der Waals surface area contributed by atoms with Crippen molar-refractivity contribution in [1.29, 1.82) is 0 Å². The lowest BCUT2D eigenvalue weighted by Gasteiger charge is -2.40. The van der Waals surface area contributed by atoms with Gasteiger partial charge in [0, 0.05) is 33.4 Å². The van der Waals surface area contributed by atoms with Crippen molar-refractivity contribution < 1.29 is 14.3 Å². The number of nitrogens with zero attached hydrogens (tertiary/aromatic N) is 1. The highest BCUT2D eigenvalue weighted by molar-refractivity contribution is 5.90. The van der Waals surface area contributed by atoms with E-state index >= 15 is 0 Å². The third-order valence-electron chi connectivity index (χ3n) is 4.81. The van der Waals surface area contributed by atoms with Crippen molar-refractivity contribution in [3.8, 4) is 0 Å². The maximum atomic E-state index is 13.0. The average Bonchev–Trinajstić information content (AvgIpc) is 2.66. The van der Waals surface area contributed by atoms with Crippen molar-refractivity contribution in [2.45, 2.75) is 31.6 Å². The van der Waals surface area contributed by atoms with Crippen LogP contribution in [0.3, 0.4) is 0 Å². The summed E-state index contributed by atoms with van der Waals surface area (Å²) in [4.78, 5) is 26.9. The number of methoxy groups -OCH3 is 1. The first kappa shape index (κ1) is 19.2. The maximum absolute atomic E-state index is 13.0. The summed E-state index contributed by atoms with van der Waals surface area (Å²) in [6.07, 6.45) is 5.40. The molecular formula is C20H28N2O3. The van der Waals surface area contributed by atoms with E-state index in [1.165, 1.54) is 0 Å². The molecule has 5 heteroatoms. The van der Waals surface area contributed by atoms with Gasteiger partial charge in [-0.1, -0.05) is 36.4 Å². The van der Waals surface area contributed by atoms with Crippen LogP contribution in [0.1, 0.15) is 31.7 Å². The summed E-state index contributed by atoms with van der Waals surface area (Å²) in [7, 11) is 1.66. The van der Waals surface area contributed by atoms with E-state index in [-0.39, 0.29) is 11.8 Å². The second-order valence-corrected chi connectivity index (χ2v) is 6.38. The van der Waals surface area contributed by atoms with Gasteiger partial charge < -0.3 is 15.0 Å². The highest BCUT2D eigenvalue weighted by Gasteiger charge is 2.43. The third-order valence-corrected chi connectivity index (χ3v) is 4.81. The summed E-state index contributed by atoms with van der Waals surface area (Å²) in [6, 6.07) is 9.91. The van der Waals surface area contributed by atoms with Crippen LogP contribution in [0.15, 0.2) is 42.5 Å². The molecule has 0 unspecified atom stereocenters. The highest BCUT2D eigenvalue weighted by Crippen LogP contribution is 2.36. The van der Waals surface area contributed by atoms with Crippen molar-refractivity contribution in [1.82, 2.24) is 10.2 Å². The number of benzene rings is 1. The van der Waals surface area contributed by atoms with E-state index in [1.54, 1.807) is 19.3 Å². The first-order valence-electron chi connectivity index (χ1n) is 8.88. The summed E-state index contributed by atoms with van der Waals surface area (Å²) in [5.41, 5.74) is 0.457. The second-order valence-electron chi connectivity index (χ2n) is 6.38. The van der Waals surface area contributed by atoms with Crippen molar-refractivity contribution in [3.05, 3.63) is 48.0 Å². The van der Waals surface area contributed by atoms with Crippen LogP contribution in [0.25, 0.3) is 0 Å². The molecule has 136 valence electrons. The molecule has 0 bridgehead atoms. The zero-order valence-electron chi connectivity index (χ0n) is 15.2. The molecule has 1 fully saturated rings. The molecule has 25 heavy (non-hydrogen) atoms. The Morgan fingerprint density at radius 1 is 1.24 bits per heavy atom. The van der Waals surface area contributed by atoms with Crippen LogP contribution >= 0.6 is 0 Å². The standard InChI is InChI=1S/C20H28N2O3/c1-3-8-18(23)22-14-11-20(12-15-22,17-9-5-4-6-10-17)19(24)21-13-7-16-25-2/h3-6,8-10H,7,11-16H2,1-2H3,(H,21,24)/b8-3+. The van der Waals surface area contributed by atoms with Crippen molar-refractivity contribution >= 4 is 11.8 Å². The number of allylic oxidation sites excluding steroid dienone is 1. The quantitative estimate of drug-likeness (QED) is 0.610. The van der Waals surface area contributed by atoms with Crippen molar-refractivity contribution in [2.24, 2.45) is 0 Å². The normalized spacial score (nSPS) is 16.8. The topological polar surface area (TPSA) is 58.6 Å². The largest absolute Gasteiger partial charge is 0.385 e. The molecule has 0 radical (unpaired) electrons. The van der Waals surface area contributed by atoms with Gasteiger partial charge in [0.05, 0.1) is 5.41 Å². The number of carbonyl (C=O) groups excluding carboxylic acids is 2. The molecule has 1 heterocycles. The number of piperidine rings is 1. The highest BCUT2D eigenvalue weighted by atomic mass is 16.5. The molecule has 1 N–H and O–H groups in total. The fourth-order valence-corrected chi connectivity index (χ4v) is 3.35. The number of hydrogen-bond donors (Lipinski definition) is 1. The minimum absolute atomic E-state index is 0.0182. The molecule has 2 rings (SSSR count). The van der Waals surface area contributed by atoms with Crippen LogP contribution in [0.2, 0.25) is 0 Å². The Balaban J connectivity index is 2.13. The van der Waals surface area contributed by atoms with E-state index in [0.717, 1.165) is 12.0 Å². The molecule has 0 spiro atoms. The molecule has 1 aromatic carbocycles. The molecule has 1 aliphatic heterocycles. The smallest absolute Gasteiger partial charge is 0.246 e. The molecular weight excluding hydrogens is 316 g/mol. The fraction of sp³-hybridized carbons (Fsp3) is 0.500. The van der Waals surface area contributed by atoms with Gasteiger partial charge in [-0.15, -0.1) is 0 Å². The van der Waals surface area contributed by atoms with Crippen LogP contribution in [0.4, 0.5) is 0 Å². The molecule has 1 aromatic rings. The van der Waals surface area contributed by atoms with Gasteiger partial charge in [0.1, 0.15) is 0 Å². The Labute approximate surface area is 150 Å². The number of likely N-dealkylation sites (tertiary alicyclic amines) is 1. The van der Waals surface area contributed by atoms with Gasteiger partial charge in [-0.3, -0.25) is 9.59 Å². The van der Waals surface area contributed by atoms with Gasteiger partial charge in [0.15, 0.2) is 0 Å². The lowest BCUT2D eigenvalue weighted by molar-refractivity contribution is -0.133. The molecule has 1 aliphatic rings. The molecule has 0 aromatic heterocycles. The first-order valence-corrected chi connectivity index (χ1v) is 8.88.